The van der Waals surface area contributed by atoms with Gasteiger partial charge < -0.3 is 0 Å². The minimum absolute atomic E-state index is 0.184. The molecular weight excluding hydrogens is 248 g/mol. The Balaban J connectivity index is 2.03. The van der Waals surface area contributed by atoms with Crippen LogP contribution in [0.4, 0.5) is 0 Å². The molecule has 96 valence electrons. The zero-order valence-electron chi connectivity index (χ0n) is 9.87. The summed E-state index contributed by atoms with van der Waals surface area (Å²) in [5.74, 6) is -0.760. The van der Waals surface area contributed by atoms with Crippen molar-refractivity contribution in [1.82, 2.24) is 19.9 Å². The monoisotopic (exact) mass is 258 g/mol. The molecule has 1 unspecified atom stereocenters. The number of piperidine rings is 1. The molecule has 1 saturated heterocycles. The molecule has 2 aromatic rings. The average molecular weight is 258 g/mol. The molecule has 7 heteroatoms. The molecule has 0 radical (unpaired) electrons. The Morgan fingerprint density at radius 2 is 2.16 bits per heavy atom. The van der Waals surface area contributed by atoms with Crippen LogP contribution < -0.4 is 5.32 Å². The third-order valence-electron chi connectivity index (χ3n) is 3.20. The summed E-state index contributed by atoms with van der Waals surface area (Å²) in [5.41, 5.74) is 1.28. The van der Waals surface area contributed by atoms with Crippen LogP contribution in [0, 0.1) is 0 Å². The van der Waals surface area contributed by atoms with Crippen LogP contribution in [0.5, 0.6) is 0 Å². The van der Waals surface area contributed by atoms with Gasteiger partial charge in [0.2, 0.25) is 17.6 Å². The quantitative estimate of drug-likeness (QED) is 0.607. The predicted molar refractivity (Wildman–Crippen MR) is 63.5 cm³/mol. The van der Waals surface area contributed by atoms with Crippen molar-refractivity contribution in [3.8, 4) is 0 Å². The number of nitrogens with one attached hydrogen (secondary N) is 1. The molecule has 1 fully saturated rings. The second-order valence-corrected chi connectivity index (χ2v) is 4.37. The molecular formula is C12H10N4O3. The SMILES string of the molecule is O=Cc1nnc2ccc(C3CCC(=O)NC3=O)cn12. The highest BCUT2D eigenvalue weighted by atomic mass is 16.2. The van der Waals surface area contributed by atoms with Gasteiger partial charge in [-0.25, -0.2) is 0 Å². The van der Waals surface area contributed by atoms with Gasteiger partial charge in [-0.3, -0.25) is 24.1 Å². The number of pyridine rings is 1. The van der Waals surface area contributed by atoms with Gasteiger partial charge in [0.1, 0.15) is 0 Å². The van der Waals surface area contributed by atoms with Gasteiger partial charge in [-0.05, 0) is 18.1 Å². The maximum absolute atomic E-state index is 11.8. The lowest BCUT2D eigenvalue weighted by Crippen LogP contribution is -2.39. The molecule has 1 N–H and O–H groups in total. The maximum atomic E-state index is 11.8. The lowest BCUT2D eigenvalue weighted by Gasteiger charge is -2.21. The highest BCUT2D eigenvalue weighted by molar-refractivity contribution is 6.00. The van der Waals surface area contributed by atoms with Crippen molar-refractivity contribution in [3.63, 3.8) is 0 Å². The Bertz CT molecular complexity index is 691. The molecule has 1 atom stereocenters. The van der Waals surface area contributed by atoms with E-state index in [0.29, 0.717) is 24.8 Å². The number of aromatic nitrogens is 3. The van der Waals surface area contributed by atoms with E-state index in [1.807, 2.05) is 0 Å². The molecule has 3 rings (SSSR count). The number of fused-ring (bicyclic) bond motifs is 1. The summed E-state index contributed by atoms with van der Waals surface area (Å²) in [6, 6.07) is 3.46. The van der Waals surface area contributed by atoms with E-state index in [1.54, 1.807) is 18.3 Å². The van der Waals surface area contributed by atoms with E-state index in [2.05, 4.69) is 15.5 Å². The lowest BCUT2D eigenvalue weighted by atomic mass is 9.92. The third kappa shape index (κ3) is 1.88. The van der Waals surface area contributed by atoms with Crippen molar-refractivity contribution in [2.24, 2.45) is 0 Å². The first-order valence-corrected chi connectivity index (χ1v) is 5.82. The second-order valence-electron chi connectivity index (χ2n) is 4.37. The summed E-state index contributed by atoms with van der Waals surface area (Å²) < 4.78 is 1.53. The van der Waals surface area contributed by atoms with E-state index >= 15 is 0 Å². The molecule has 0 aliphatic carbocycles. The molecule has 2 aromatic heterocycles. The zero-order chi connectivity index (χ0) is 13.4. The van der Waals surface area contributed by atoms with Crippen LogP contribution in [0.15, 0.2) is 18.3 Å². The van der Waals surface area contributed by atoms with Crippen LogP contribution in [0.25, 0.3) is 5.65 Å². The fraction of sp³-hybridized carbons (Fsp3) is 0.250. The Kier molecular flexibility index (Phi) is 2.59. The molecule has 3 heterocycles. The minimum atomic E-state index is -0.385. The van der Waals surface area contributed by atoms with Crippen LogP contribution in [0.3, 0.4) is 0 Å². The van der Waals surface area contributed by atoms with Crippen LogP contribution in [-0.2, 0) is 9.59 Å². The molecule has 0 spiro atoms. The number of rotatable bonds is 2. The standard InChI is InChI=1S/C12H10N4O3/c17-6-10-15-14-9-3-1-7(5-16(9)10)8-2-4-11(18)13-12(8)19/h1,3,5-6,8H,2,4H2,(H,13,18,19). The molecule has 0 bridgehead atoms. The second kappa shape index (κ2) is 4.27. The van der Waals surface area contributed by atoms with E-state index in [0.717, 1.165) is 5.56 Å². The van der Waals surface area contributed by atoms with Crippen LogP contribution in [0.1, 0.15) is 34.9 Å². The fourth-order valence-electron chi connectivity index (χ4n) is 2.22. The first kappa shape index (κ1) is 11.5. The van der Waals surface area contributed by atoms with Crippen molar-refractivity contribution in [1.29, 1.82) is 0 Å². The van der Waals surface area contributed by atoms with Crippen molar-refractivity contribution in [2.75, 3.05) is 0 Å². The summed E-state index contributed by atoms with van der Waals surface area (Å²) in [7, 11) is 0. The number of hydrogen-bond donors (Lipinski definition) is 1. The molecule has 0 saturated carbocycles. The number of carbonyl (C=O) groups is 3. The number of aldehydes is 1. The smallest absolute Gasteiger partial charge is 0.234 e. The van der Waals surface area contributed by atoms with Crippen molar-refractivity contribution >= 4 is 23.7 Å². The summed E-state index contributed by atoms with van der Waals surface area (Å²) >= 11 is 0. The van der Waals surface area contributed by atoms with E-state index in [1.165, 1.54) is 4.40 Å². The van der Waals surface area contributed by atoms with E-state index in [-0.39, 0.29) is 23.6 Å². The highest BCUT2D eigenvalue weighted by Gasteiger charge is 2.28. The number of imide groups is 1. The summed E-state index contributed by atoms with van der Waals surface area (Å²) in [5, 5.41) is 9.87. The Labute approximate surface area is 107 Å². The average Bonchev–Trinajstić information content (AvgIpc) is 2.80. The van der Waals surface area contributed by atoms with Gasteiger partial charge in [0.25, 0.3) is 0 Å². The summed E-state index contributed by atoms with van der Waals surface area (Å²) in [4.78, 5) is 33.7. The van der Waals surface area contributed by atoms with Gasteiger partial charge in [-0.15, -0.1) is 10.2 Å². The van der Waals surface area contributed by atoms with Gasteiger partial charge in [-0.2, -0.15) is 0 Å². The minimum Gasteiger partial charge on any atom is -0.296 e. The van der Waals surface area contributed by atoms with E-state index in [9.17, 15) is 14.4 Å². The Morgan fingerprint density at radius 1 is 1.32 bits per heavy atom. The number of nitrogens with zero attached hydrogens (tertiary/aromatic N) is 3. The number of amides is 2. The number of carbonyl (C=O) groups excluding carboxylic acids is 3. The fourth-order valence-corrected chi connectivity index (χ4v) is 2.22. The van der Waals surface area contributed by atoms with Gasteiger partial charge >= 0.3 is 0 Å². The Hall–Kier alpha value is -2.57. The van der Waals surface area contributed by atoms with Crippen LogP contribution in [-0.4, -0.2) is 32.7 Å². The Morgan fingerprint density at radius 3 is 2.89 bits per heavy atom. The van der Waals surface area contributed by atoms with Gasteiger partial charge in [0.05, 0.1) is 5.92 Å². The van der Waals surface area contributed by atoms with Gasteiger partial charge in [0.15, 0.2) is 11.9 Å². The van der Waals surface area contributed by atoms with Crippen LogP contribution >= 0.6 is 0 Å². The predicted octanol–water partition coefficient (Wildman–Crippen LogP) is 0.0620. The number of hydrogen-bond acceptors (Lipinski definition) is 5. The topological polar surface area (TPSA) is 93.4 Å². The normalized spacial score (nSPS) is 19.5. The molecule has 7 nitrogen and oxygen atoms in total. The molecule has 2 amide bonds. The van der Waals surface area contributed by atoms with Crippen molar-refractivity contribution in [2.45, 2.75) is 18.8 Å². The van der Waals surface area contributed by atoms with Crippen molar-refractivity contribution in [3.05, 3.63) is 29.7 Å². The van der Waals surface area contributed by atoms with Crippen LogP contribution in [0.2, 0.25) is 0 Å². The summed E-state index contributed by atoms with van der Waals surface area (Å²) in [6.45, 7) is 0. The first-order chi connectivity index (χ1) is 9.19. The zero-order valence-corrected chi connectivity index (χ0v) is 9.87. The highest BCUT2D eigenvalue weighted by Crippen LogP contribution is 2.24. The molecule has 1 aliphatic rings. The largest absolute Gasteiger partial charge is 0.296 e. The lowest BCUT2D eigenvalue weighted by molar-refractivity contribution is -0.134. The molecule has 1 aliphatic heterocycles. The maximum Gasteiger partial charge on any atom is 0.234 e. The van der Waals surface area contributed by atoms with Gasteiger partial charge in [-0.1, -0.05) is 6.07 Å². The molecule has 19 heavy (non-hydrogen) atoms. The molecule has 0 aromatic carbocycles. The van der Waals surface area contributed by atoms with E-state index in [4.69, 9.17) is 0 Å². The van der Waals surface area contributed by atoms with Crippen molar-refractivity contribution < 1.29 is 14.4 Å². The third-order valence-corrected chi connectivity index (χ3v) is 3.20. The first-order valence-electron chi connectivity index (χ1n) is 5.82. The van der Waals surface area contributed by atoms with Gasteiger partial charge in [0, 0.05) is 12.6 Å². The van der Waals surface area contributed by atoms with E-state index < -0.39 is 0 Å². The summed E-state index contributed by atoms with van der Waals surface area (Å²) in [6.07, 6.45) is 3.05.